The summed E-state index contributed by atoms with van der Waals surface area (Å²) in [4.78, 5) is 47.4. The summed E-state index contributed by atoms with van der Waals surface area (Å²) in [5.41, 5.74) is 7.02. The van der Waals surface area contributed by atoms with Crippen LogP contribution in [0.2, 0.25) is 0 Å². The van der Waals surface area contributed by atoms with E-state index in [9.17, 15) is 14.4 Å². The molecule has 3 fully saturated rings. The number of rotatable bonds is 5. The predicted molar refractivity (Wildman–Crippen MR) is 139 cm³/mol. The summed E-state index contributed by atoms with van der Waals surface area (Å²) in [6, 6.07) is 3.70. The SMILES string of the molecule is Cc1cccn2c(=O)c(/C=C3\SC(=S)N(CC4CCCO4)C3=O)c(N3CCC(C(N)=O)CC3)nc12. The zero-order valence-corrected chi connectivity index (χ0v) is 21.1. The molecule has 0 aliphatic carbocycles. The molecule has 0 bridgehead atoms. The number of nitrogens with two attached hydrogens (primary N) is 1. The zero-order chi connectivity index (χ0) is 24.7. The first-order valence-electron chi connectivity index (χ1n) is 11.8. The Labute approximate surface area is 212 Å². The van der Waals surface area contributed by atoms with Gasteiger partial charge in [-0.2, -0.15) is 0 Å². The highest BCUT2D eigenvalue weighted by atomic mass is 32.2. The number of primary amides is 1. The van der Waals surface area contributed by atoms with E-state index in [2.05, 4.69) is 0 Å². The van der Waals surface area contributed by atoms with Gasteiger partial charge in [0.2, 0.25) is 5.91 Å². The molecule has 11 heteroatoms. The van der Waals surface area contributed by atoms with Crippen LogP contribution in [-0.2, 0) is 14.3 Å². The number of thioether (sulfide) groups is 1. The molecule has 1 unspecified atom stereocenters. The summed E-state index contributed by atoms with van der Waals surface area (Å²) in [5, 5.41) is 0. The number of ether oxygens (including phenoxy) is 1. The molecule has 3 saturated heterocycles. The van der Waals surface area contributed by atoms with Crippen molar-refractivity contribution in [3.8, 4) is 0 Å². The third-order valence-corrected chi connectivity index (χ3v) is 8.20. The van der Waals surface area contributed by atoms with E-state index in [1.165, 1.54) is 16.2 Å². The van der Waals surface area contributed by atoms with Crippen LogP contribution >= 0.6 is 24.0 Å². The van der Waals surface area contributed by atoms with Crippen molar-refractivity contribution in [2.45, 2.75) is 38.7 Å². The first-order valence-corrected chi connectivity index (χ1v) is 13.0. The molecule has 0 aromatic carbocycles. The summed E-state index contributed by atoms with van der Waals surface area (Å²) in [7, 11) is 0. The monoisotopic (exact) mass is 513 g/mol. The van der Waals surface area contributed by atoms with Gasteiger partial charge in [0, 0.05) is 31.8 Å². The van der Waals surface area contributed by atoms with Crippen LogP contribution < -0.4 is 16.2 Å². The number of carbonyl (C=O) groups excluding carboxylic acids is 2. The number of aryl methyl sites for hydroxylation is 1. The van der Waals surface area contributed by atoms with Crippen molar-refractivity contribution < 1.29 is 14.3 Å². The van der Waals surface area contributed by atoms with Crippen molar-refractivity contribution in [2.24, 2.45) is 11.7 Å². The van der Waals surface area contributed by atoms with Gasteiger partial charge in [-0.1, -0.05) is 30.0 Å². The molecule has 35 heavy (non-hydrogen) atoms. The average molecular weight is 514 g/mol. The van der Waals surface area contributed by atoms with Crippen LogP contribution in [0.4, 0.5) is 5.82 Å². The zero-order valence-electron chi connectivity index (χ0n) is 19.4. The minimum atomic E-state index is -0.304. The maximum atomic E-state index is 13.6. The summed E-state index contributed by atoms with van der Waals surface area (Å²) < 4.78 is 7.65. The van der Waals surface area contributed by atoms with Gasteiger partial charge in [0.1, 0.15) is 15.8 Å². The topological polar surface area (TPSA) is 110 Å². The lowest BCUT2D eigenvalue weighted by atomic mass is 9.96. The number of thiocarbonyl (C=S) groups is 1. The predicted octanol–water partition coefficient (Wildman–Crippen LogP) is 2.08. The molecule has 2 amide bonds. The Kier molecular flexibility index (Phi) is 6.65. The highest BCUT2D eigenvalue weighted by Gasteiger charge is 2.35. The van der Waals surface area contributed by atoms with Crippen LogP contribution in [0.25, 0.3) is 11.7 Å². The number of carbonyl (C=O) groups is 2. The highest BCUT2D eigenvalue weighted by Crippen LogP contribution is 2.35. The molecular weight excluding hydrogens is 486 g/mol. The van der Waals surface area contributed by atoms with Crippen LogP contribution in [0.15, 0.2) is 28.0 Å². The summed E-state index contributed by atoms with van der Waals surface area (Å²) in [6.45, 7) is 4.11. The van der Waals surface area contributed by atoms with Crippen LogP contribution in [0.1, 0.15) is 36.8 Å². The van der Waals surface area contributed by atoms with E-state index < -0.39 is 0 Å². The van der Waals surface area contributed by atoms with Crippen molar-refractivity contribution in [1.82, 2.24) is 14.3 Å². The minimum Gasteiger partial charge on any atom is -0.376 e. The van der Waals surface area contributed by atoms with Crippen LogP contribution in [0.5, 0.6) is 0 Å². The number of nitrogens with zero attached hydrogens (tertiary/aromatic N) is 4. The van der Waals surface area contributed by atoms with Gasteiger partial charge in [0.25, 0.3) is 11.5 Å². The number of aromatic nitrogens is 2. The number of hydrogen-bond acceptors (Lipinski definition) is 8. The van der Waals surface area contributed by atoms with Gasteiger partial charge in [-0.15, -0.1) is 0 Å². The van der Waals surface area contributed by atoms with Gasteiger partial charge in [0.15, 0.2) is 0 Å². The van der Waals surface area contributed by atoms with Gasteiger partial charge in [-0.3, -0.25) is 23.7 Å². The number of piperidine rings is 1. The second kappa shape index (κ2) is 9.71. The minimum absolute atomic E-state index is 0.0186. The number of pyridine rings is 1. The van der Waals surface area contributed by atoms with Crippen molar-refractivity contribution in [3.63, 3.8) is 0 Å². The van der Waals surface area contributed by atoms with E-state index in [4.69, 9.17) is 27.7 Å². The standard InChI is InChI=1S/C24H27N5O4S2/c1-14-4-2-8-28-20(14)26-21(27-9-6-15(7-10-27)19(25)30)17(22(28)31)12-18-23(32)29(24(34)35-18)13-16-5-3-11-33-16/h2,4,8,12,15-16H,3,5-7,9-11,13H2,1H3,(H2,25,30)/b18-12-. The molecule has 5 heterocycles. The van der Waals surface area contributed by atoms with Gasteiger partial charge in [-0.05, 0) is 50.3 Å². The Morgan fingerprint density at radius 2 is 2.09 bits per heavy atom. The maximum absolute atomic E-state index is 13.6. The third kappa shape index (κ3) is 4.60. The molecular formula is C24H27N5O4S2. The Bertz CT molecular complexity index is 1290. The lowest BCUT2D eigenvalue weighted by Crippen LogP contribution is -2.40. The largest absolute Gasteiger partial charge is 0.376 e. The van der Waals surface area contributed by atoms with Crippen LogP contribution in [-0.4, -0.2) is 62.8 Å². The molecule has 3 aliphatic rings. The lowest BCUT2D eigenvalue weighted by molar-refractivity contribution is -0.123. The molecule has 9 nitrogen and oxygen atoms in total. The number of fused-ring (bicyclic) bond motifs is 1. The van der Waals surface area contributed by atoms with E-state index in [-0.39, 0.29) is 29.4 Å². The van der Waals surface area contributed by atoms with E-state index in [0.29, 0.717) is 65.3 Å². The molecule has 1 atom stereocenters. The molecule has 0 spiro atoms. The third-order valence-electron chi connectivity index (χ3n) is 6.82. The van der Waals surface area contributed by atoms with Gasteiger partial charge < -0.3 is 15.4 Å². The highest BCUT2D eigenvalue weighted by molar-refractivity contribution is 8.26. The fourth-order valence-corrected chi connectivity index (χ4v) is 6.08. The Balaban J connectivity index is 1.54. The second-order valence-electron chi connectivity index (χ2n) is 9.13. The molecule has 2 aromatic rings. The molecule has 2 aromatic heterocycles. The molecule has 5 rings (SSSR count). The smallest absolute Gasteiger partial charge is 0.267 e. The second-order valence-corrected chi connectivity index (χ2v) is 10.8. The molecule has 2 N–H and O–H groups in total. The fraction of sp³-hybridized carbons (Fsp3) is 0.458. The van der Waals surface area contributed by atoms with Crippen LogP contribution in [0.3, 0.4) is 0 Å². The Morgan fingerprint density at radius 1 is 1.31 bits per heavy atom. The molecule has 0 radical (unpaired) electrons. The molecule has 184 valence electrons. The first kappa shape index (κ1) is 24.0. The van der Waals surface area contributed by atoms with Crippen molar-refractivity contribution in [2.75, 3.05) is 31.1 Å². The Morgan fingerprint density at radius 3 is 2.77 bits per heavy atom. The lowest BCUT2D eigenvalue weighted by Gasteiger charge is -2.32. The van der Waals surface area contributed by atoms with E-state index in [1.807, 2.05) is 17.9 Å². The normalized spacial score (nSPS) is 22.7. The summed E-state index contributed by atoms with van der Waals surface area (Å²) in [5.74, 6) is -0.200. The van der Waals surface area contributed by atoms with E-state index >= 15 is 0 Å². The van der Waals surface area contributed by atoms with Gasteiger partial charge >= 0.3 is 0 Å². The van der Waals surface area contributed by atoms with E-state index in [1.54, 1.807) is 23.2 Å². The molecule has 0 saturated carbocycles. The number of amides is 2. The average Bonchev–Trinajstić information content (AvgIpc) is 3.45. The first-order chi connectivity index (χ1) is 16.8. The van der Waals surface area contributed by atoms with Gasteiger partial charge in [0.05, 0.1) is 23.1 Å². The van der Waals surface area contributed by atoms with Crippen molar-refractivity contribution >= 4 is 57.7 Å². The van der Waals surface area contributed by atoms with Gasteiger partial charge in [-0.25, -0.2) is 4.98 Å². The Hall–Kier alpha value is -2.76. The quantitative estimate of drug-likeness (QED) is 0.478. The summed E-state index contributed by atoms with van der Waals surface area (Å²) in [6.07, 6.45) is 6.34. The maximum Gasteiger partial charge on any atom is 0.267 e. The molecule has 3 aliphatic heterocycles. The van der Waals surface area contributed by atoms with Crippen LogP contribution in [0, 0.1) is 12.8 Å². The number of hydrogen-bond donors (Lipinski definition) is 1. The number of anilines is 1. The van der Waals surface area contributed by atoms with E-state index in [0.717, 1.165) is 18.4 Å². The fourth-order valence-electron chi connectivity index (χ4n) is 4.82. The van der Waals surface area contributed by atoms with Crippen molar-refractivity contribution in [1.29, 1.82) is 0 Å². The summed E-state index contributed by atoms with van der Waals surface area (Å²) >= 11 is 6.68. The van der Waals surface area contributed by atoms with Crippen molar-refractivity contribution in [3.05, 3.63) is 44.7 Å².